The molecule has 2 N–H and O–H groups in total. The highest BCUT2D eigenvalue weighted by molar-refractivity contribution is 6.19. The second-order valence-electron chi connectivity index (χ2n) is 7.17. The summed E-state index contributed by atoms with van der Waals surface area (Å²) in [6.07, 6.45) is 3.15. The lowest BCUT2D eigenvalue weighted by molar-refractivity contribution is 0.103. The van der Waals surface area contributed by atoms with Crippen molar-refractivity contribution in [2.24, 2.45) is 0 Å². The van der Waals surface area contributed by atoms with Gasteiger partial charge in [0.1, 0.15) is 11.9 Å². The fraction of sp³-hybridized carbons (Fsp3) is 0.217. The number of piperazine rings is 1. The Balaban J connectivity index is 1.67. The number of para-hydroxylation sites is 1. The molecular formula is C23H21N4O2. The minimum atomic E-state index is -0.0523. The van der Waals surface area contributed by atoms with Crippen LogP contribution < -0.4 is 15.0 Å². The molecule has 0 spiro atoms. The van der Waals surface area contributed by atoms with Crippen LogP contribution in [0.1, 0.15) is 16.1 Å². The summed E-state index contributed by atoms with van der Waals surface area (Å²) in [6, 6.07) is 15.4. The zero-order valence-electron chi connectivity index (χ0n) is 16.2. The molecule has 6 nitrogen and oxygen atoms in total. The van der Waals surface area contributed by atoms with Gasteiger partial charge in [0, 0.05) is 42.5 Å². The normalized spacial score (nSPS) is 14.4. The van der Waals surface area contributed by atoms with Gasteiger partial charge in [0.05, 0.1) is 29.6 Å². The highest BCUT2D eigenvalue weighted by atomic mass is 16.5. The summed E-state index contributed by atoms with van der Waals surface area (Å²) in [7, 11) is 1.64. The lowest BCUT2D eigenvalue weighted by Crippen LogP contribution is -2.44. The van der Waals surface area contributed by atoms with Crippen molar-refractivity contribution in [1.29, 1.82) is 0 Å². The number of rotatable bonds is 4. The standard InChI is InChI=1S/C23H21N4O2/c1-29-16-6-7-18-15(12-16)13-20(26-18)23(28)22-17-4-2-3-5-19(17)25-14-21(22)27-10-8-24-9-11-27/h2-7,12-13,24,26H,8-11H2,1H3. The van der Waals surface area contributed by atoms with Crippen molar-refractivity contribution in [2.75, 3.05) is 38.2 Å². The van der Waals surface area contributed by atoms with Gasteiger partial charge in [-0.05, 0) is 30.3 Å². The first-order valence-electron chi connectivity index (χ1n) is 9.72. The van der Waals surface area contributed by atoms with E-state index in [2.05, 4.69) is 26.4 Å². The summed E-state index contributed by atoms with van der Waals surface area (Å²) in [5.74, 6) is 0.711. The first kappa shape index (κ1) is 17.7. The fourth-order valence-corrected chi connectivity index (χ4v) is 3.92. The molecular weight excluding hydrogens is 364 g/mol. The predicted molar refractivity (Wildman–Crippen MR) is 114 cm³/mol. The Morgan fingerprint density at radius 2 is 1.97 bits per heavy atom. The summed E-state index contributed by atoms with van der Waals surface area (Å²) in [4.78, 5) is 23.6. The van der Waals surface area contributed by atoms with Gasteiger partial charge in [0.25, 0.3) is 0 Å². The van der Waals surface area contributed by atoms with Gasteiger partial charge in [-0.2, -0.15) is 0 Å². The van der Waals surface area contributed by atoms with Crippen LogP contribution in [0, 0.1) is 6.20 Å². The van der Waals surface area contributed by atoms with Crippen LogP contribution in [0.25, 0.3) is 21.8 Å². The van der Waals surface area contributed by atoms with E-state index in [0.29, 0.717) is 11.3 Å². The number of ketones is 1. The van der Waals surface area contributed by atoms with Gasteiger partial charge in [-0.3, -0.25) is 4.79 Å². The summed E-state index contributed by atoms with van der Waals surface area (Å²) in [6.45, 7) is 3.39. The van der Waals surface area contributed by atoms with Gasteiger partial charge in [-0.1, -0.05) is 18.2 Å². The van der Waals surface area contributed by atoms with Crippen molar-refractivity contribution in [3.05, 3.63) is 66.0 Å². The summed E-state index contributed by atoms with van der Waals surface area (Å²) in [5, 5.41) is 5.14. The molecule has 0 unspecified atom stereocenters. The van der Waals surface area contributed by atoms with E-state index in [9.17, 15) is 4.79 Å². The number of carbonyl (C=O) groups is 1. The molecule has 3 heterocycles. The molecule has 1 fully saturated rings. The average Bonchev–Trinajstić information content (AvgIpc) is 3.21. The molecule has 29 heavy (non-hydrogen) atoms. The number of nitrogens with zero attached hydrogens (tertiary/aromatic N) is 2. The minimum Gasteiger partial charge on any atom is -0.497 e. The number of carbonyl (C=O) groups excluding carboxylic acids is 1. The van der Waals surface area contributed by atoms with E-state index in [0.717, 1.165) is 59.4 Å². The van der Waals surface area contributed by atoms with Gasteiger partial charge in [-0.15, -0.1) is 0 Å². The molecule has 1 radical (unpaired) electrons. The number of hydrogen-bond donors (Lipinski definition) is 2. The second-order valence-corrected chi connectivity index (χ2v) is 7.17. The minimum absolute atomic E-state index is 0.0523. The third-order valence-corrected chi connectivity index (χ3v) is 5.43. The van der Waals surface area contributed by atoms with E-state index in [1.807, 2.05) is 48.5 Å². The van der Waals surface area contributed by atoms with E-state index >= 15 is 0 Å². The maximum atomic E-state index is 13.7. The number of anilines is 1. The molecule has 0 bridgehead atoms. The molecule has 5 rings (SSSR count). The lowest BCUT2D eigenvalue weighted by atomic mass is 10.00. The van der Waals surface area contributed by atoms with Crippen molar-refractivity contribution in [3.63, 3.8) is 0 Å². The number of ether oxygens (including phenoxy) is 1. The third kappa shape index (κ3) is 3.11. The molecule has 2 aromatic carbocycles. The van der Waals surface area contributed by atoms with Gasteiger partial charge < -0.3 is 19.9 Å². The van der Waals surface area contributed by atoms with Crippen LogP contribution in [-0.4, -0.2) is 49.0 Å². The third-order valence-electron chi connectivity index (χ3n) is 5.43. The van der Waals surface area contributed by atoms with Crippen molar-refractivity contribution in [1.82, 2.24) is 15.3 Å². The number of aromatic nitrogens is 2. The summed E-state index contributed by atoms with van der Waals surface area (Å²) in [5.41, 5.74) is 3.64. The quantitative estimate of drug-likeness (QED) is 0.528. The Kier molecular flexibility index (Phi) is 4.41. The highest BCUT2D eigenvalue weighted by Crippen LogP contribution is 2.31. The molecule has 0 aliphatic carbocycles. The molecule has 145 valence electrons. The predicted octanol–water partition coefficient (Wildman–Crippen LogP) is 3.17. The monoisotopic (exact) mass is 385 g/mol. The molecule has 0 saturated carbocycles. The lowest BCUT2D eigenvalue weighted by Gasteiger charge is -2.30. The molecule has 2 aromatic heterocycles. The SMILES string of the molecule is COc1ccc2[nH]c(C(=O)c3c(N4CCNCC4)[c]nc4ccccc34)cc2c1. The Labute approximate surface area is 168 Å². The summed E-state index contributed by atoms with van der Waals surface area (Å²) >= 11 is 0. The van der Waals surface area contributed by atoms with Gasteiger partial charge in [0.15, 0.2) is 0 Å². The maximum Gasteiger partial charge on any atom is 0.212 e. The van der Waals surface area contributed by atoms with E-state index < -0.39 is 0 Å². The number of benzene rings is 2. The van der Waals surface area contributed by atoms with Gasteiger partial charge >= 0.3 is 0 Å². The zero-order valence-corrected chi connectivity index (χ0v) is 16.2. The number of pyridine rings is 1. The Hall–Kier alpha value is -3.38. The van der Waals surface area contributed by atoms with Crippen LogP contribution in [0.2, 0.25) is 0 Å². The Morgan fingerprint density at radius 3 is 2.79 bits per heavy atom. The number of fused-ring (bicyclic) bond motifs is 2. The second kappa shape index (κ2) is 7.22. The first-order chi connectivity index (χ1) is 14.2. The van der Waals surface area contributed by atoms with Crippen molar-refractivity contribution in [2.45, 2.75) is 0 Å². The average molecular weight is 385 g/mol. The Morgan fingerprint density at radius 1 is 1.14 bits per heavy atom. The van der Waals surface area contributed by atoms with Gasteiger partial charge in [-0.25, -0.2) is 4.98 Å². The van der Waals surface area contributed by atoms with Crippen molar-refractivity contribution in [3.8, 4) is 5.75 Å². The van der Waals surface area contributed by atoms with Crippen molar-refractivity contribution < 1.29 is 9.53 Å². The zero-order chi connectivity index (χ0) is 19.8. The number of nitrogens with one attached hydrogen (secondary N) is 2. The molecule has 6 heteroatoms. The topological polar surface area (TPSA) is 70.2 Å². The fourth-order valence-electron chi connectivity index (χ4n) is 3.92. The largest absolute Gasteiger partial charge is 0.497 e. The highest BCUT2D eigenvalue weighted by Gasteiger charge is 2.24. The van der Waals surface area contributed by atoms with Crippen LogP contribution >= 0.6 is 0 Å². The van der Waals surface area contributed by atoms with E-state index in [1.165, 1.54) is 0 Å². The van der Waals surface area contributed by atoms with Crippen LogP contribution in [0.4, 0.5) is 5.69 Å². The number of H-pyrrole nitrogens is 1. The molecule has 1 saturated heterocycles. The molecule has 1 aliphatic rings. The first-order valence-corrected chi connectivity index (χ1v) is 9.72. The summed E-state index contributed by atoms with van der Waals surface area (Å²) < 4.78 is 5.31. The van der Waals surface area contributed by atoms with Crippen LogP contribution in [0.5, 0.6) is 5.75 Å². The van der Waals surface area contributed by atoms with Crippen LogP contribution in [0.3, 0.4) is 0 Å². The smallest absolute Gasteiger partial charge is 0.212 e. The van der Waals surface area contributed by atoms with E-state index in [1.54, 1.807) is 7.11 Å². The maximum absolute atomic E-state index is 13.7. The molecule has 0 amide bonds. The van der Waals surface area contributed by atoms with Gasteiger partial charge in [0.2, 0.25) is 5.78 Å². The molecule has 0 atom stereocenters. The molecule has 4 aromatic rings. The van der Waals surface area contributed by atoms with E-state index in [4.69, 9.17) is 4.74 Å². The van der Waals surface area contributed by atoms with Crippen molar-refractivity contribution >= 4 is 33.3 Å². The van der Waals surface area contributed by atoms with Crippen LogP contribution in [-0.2, 0) is 0 Å². The van der Waals surface area contributed by atoms with E-state index in [-0.39, 0.29) is 5.78 Å². The number of hydrogen-bond acceptors (Lipinski definition) is 5. The Bertz CT molecular complexity index is 1210. The molecule has 1 aliphatic heterocycles. The number of aromatic amines is 1. The number of methoxy groups -OCH3 is 1. The van der Waals surface area contributed by atoms with Crippen LogP contribution in [0.15, 0.2) is 48.5 Å².